The van der Waals surface area contributed by atoms with Crippen LogP contribution in [0.25, 0.3) is 0 Å². The number of para-hydroxylation sites is 1. The van der Waals surface area contributed by atoms with Crippen molar-refractivity contribution in [3.8, 4) is 0 Å². The molecule has 1 aliphatic heterocycles. The topological polar surface area (TPSA) is 71.3 Å². The number of fused-ring (bicyclic) bond motifs is 1. The Morgan fingerprint density at radius 1 is 1.48 bits per heavy atom. The van der Waals surface area contributed by atoms with Gasteiger partial charge in [0, 0.05) is 12.2 Å². The first-order valence-electron chi connectivity index (χ1n) is 7.12. The molecule has 0 fully saturated rings. The number of carbonyl (C=O) groups is 1. The summed E-state index contributed by atoms with van der Waals surface area (Å²) in [4.78, 5) is 18.7. The van der Waals surface area contributed by atoms with E-state index in [1.54, 1.807) is 0 Å². The number of amides is 1. The van der Waals surface area contributed by atoms with E-state index in [0.29, 0.717) is 12.5 Å². The molecule has 21 heavy (non-hydrogen) atoms. The van der Waals surface area contributed by atoms with Gasteiger partial charge in [-0.2, -0.15) is 4.98 Å². The van der Waals surface area contributed by atoms with Crippen LogP contribution in [0.15, 0.2) is 35.2 Å². The lowest BCUT2D eigenvalue weighted by Gasteiger charge is -2.31. The molecule has 1 N–H and O–H groups in total. The van der Waals surface area contributed by atoms with Crippen molar-refractivity contribution in [1.82, 2.24) is 10.1 Å². The highest BCUT2D eigenvalue weighted by molar-refractivity contribution is 5.98. The molecule has 1 aromatic heterocycles. The number of nitrogens with zero attached hydrogens (tertiary/aromatic N) is 3. The average molecular weight is 286 g/mol. The number of anilines is 2. The molecule has 1 aromatic carbocycles. The number of hydrogen-bond acceptors (Lipinski definition) is 5. The molecular weight excluding hydrogens is 268 g/mol. The lowest BCUT2D eigenvalue weighted by Crippen LogP contribution is -2.46. The van der Waals surface area contributed by atoms with E-state index in [9.17, 15) is 4.79 Å². The Morgan fingerprint density at radius 2 is 2.29 bits per heavy atom. The van der Waals surface area contributed by atoms with E-state index >= 15 is 0 Å². The summed E-state index contributed by atoms with van der Waals surface area (Å²) >= 11 is 0. The molecule has 1 aliphatic rings. The van der Waals surface area contributed by atoms with Crippen molar-refractivity contribution in [2.75, 3.05) is 10.2 Å². The second kappa shape index (κ2) is 5.55. The van der Waals surface area contributed by atoms with Gasteiger partial charge in [0.15, 0.2) is 0 Å². The molecule has 1 unspecified atom stereocenters. The Kier molecular flexibility index (Phi) is 3.60. The molecule has 2 heterocycles. The van der Waals surface area contributed by atoms with Crippen molar-refractivity contribution in [2.45, 2.75) is 32.9 Å². The molecule has 0 saturated carbocycles. The molecule has 2 aromatic rings. The van der Waals surface area contributed by atoms with E-state index in [0.717, 1.165) is 17.7 Å². The summed E-state index contributed by atoms with van der Waals surface area (Å²) in [6.07, 6.45) is 2.18. The van der Waals surface area contributed by atoms with E-state index < -0.39 is 0 Å². The van der Waals surface area contributed by atoms with Gasteiger partial charge >= 0.3 is 0 Å². The average Bonchev–Trinajstić information content (AvgIpc) is 2.97. The summed E-state index contributed by atoms with van der Waals surface area (Å²) in [5.41, 5.74) is 1.89. The maximum atomic E-state index is 12.6. The van der Waals surface area contributed by atoms with Crippen LogP contribution >= 0.6 is 0 Å². The fraction of sp³-hybridized carbons (Fsp3) is 0.400. The van der Waals surface area contributed by atoms with Crippen LogP contribution in [-0.4, -0.2) is 22.1 Å². The highest BCUT2D eigenvalue weighted by Crippen LogP contribution is 2.29. The molecular formula is C15H18N4O2. The summed E-state index contributed by atoms with van der Waals surface area (Å²) in [5, 5.41) is 6.93. The number of benzene rings is 1. The zero-order valence-electron chi connectivity index (χ0n) is 12.1. The molecule has 0 aliphatic carbocycles. The van der Waals surface area contributed by atoms with Crippen molar-refractivity contribution >= 4 is 17.5 Å². The first kappa shape index (κ1) is 13.6. The van der Waals surface area contributed by atoms with Gasteiger partial charge < -0.3 is 14.7 Å². The lowest BCUT2D eigenvalue weighted by atomic mass is 9.97. The second-order valence-corrected chi connectivity index (χ2v) is 5.34. The van der Waals surface area contributed by atoms with E-state index in [1.807, 2.05) is 29.2 Å². The quantitative estimate of drug-likeness (QED) is 0.938. The fourth-order valence-corrected chi connectivity index (χ4v) is 2.69. The monoisotopic (exact) mass is 286 g/mol. The molecule has 0 radical (unpaired) electrons. The Labute approximate surface area is 123 Å². The van der Waals surface area contributed by atoms with Gasteiger partial charge in [0.05, 0.1) is 0 Å². The minimum absolute atomic E-state index is 0.0286. The lowest BCUT2D eigenvalue weighted by molar-refractivity contribution is -0.118. The van der Waals surface area contributed by atoms with Gasteiger partial charge in [-0.1, -0.05) is 38.5 Å². The van der Waals surface area contributed by atoms with Crippen molar-refractivity contribution in [3.05, 3.63) is 36.2 Å². The number of rotatable bonds is 3. The Bertz CT molecular complexity index is 626. The molecule has 2 atom stereocenters. The predicted octanol–water partition coefficient (Wildman–Crippen LogP) is 2.44. The Morgan fingerprint density at radius 3 is 3.00 bits per heavy atom. The van der Waals surface area contributed by atoms with Crippen LogP contribution in [-0.2, 0) is 11.3 Å². The summed E-state index contributed by atoms with van der Waals surface area (Å²) in [5.74, 6) is 0.601. The van der Waals surface area contributed by atoms with Crippen LogP contribution in [0.1, 0.15) is 25.8 Å². The molecule has 0 spiro atoms. The molecule has 0 bridgehead atoms. The predicted molar refractivity (Wildman–Crippen MR) is 78.8 cm³/mol. The largest absolute Gasteiger partial charge is 0.341 e. The van der Waals surface area contributed by atoms with Crippen LogP contribution in [0.4, 0.5) is 11.6 Å². The summed E-state index contributed by atoms with van der Waals surface area (Å²) < 4.78 is 4.86. The summed E-state index contributed by atoms with van der Waals surface area (Å²) in [6, 6.07) is 7.48. The molecule has 0 saturated heterocycles. The van der Waals surface area contributed by atoms with Crippen LogP contribution < -0.4 is 10.2 Å². The van der Waals surface area contributed by atoms with E-state index in [1.165, 1.54) is 6.39 Å². The van der Waals surface area contributed by atoms with Gasteiger partial charge in [-0.25, -0.2) is 0 Å². The van der Waals surface area contributed by atoms with Crippen LogP contribution in [0, 0.1) is 5.92 Å². The second-order valence-electron chi connectivity index (χ2n) is 5.34. The Hall–Kier alpha value is -2.37. The molecule has 3 rings (SSSR count). The maximum Gasteiger partial charge on any atom is 0.266 e. The molecule has 110 valence electrons. The first-order valence-corrected chi connectivity index (χ1v) is 7.12. The van der Waals surface area contributed by atoms with Gasteiger partial charge in [-0.15, -0.1) is 0 Å². The molecule has 1 amide bonds. The number of carbonyl (C=O) groups excluding carboxylic acids is 1. The first-order chi connectivity index (χ1) is 10.2. The van der Waals surface area contributed by atoms with E-state index in [4.69, 9.17) is 4.52 Å². The molecule has 6 heteroatoms. The van der Waals surface area contributed by atoms with Gasteiger partial charge in [0.25, 0.3) is 5.95 Å². The summed E-state index contributed by atoms with van der Waals surface area (Å²) in [7, 11) is 0. The zero-order valence-corrected chi connectivity index (χ0v) is 12.1. The maximum absolute atomic E-state index is 12.6. The van der Waals surface area contributed by atoms with Gasteiger partial charge in [-0.05, 0) is 22.7 Å². The van der Waals surface area contributed by atoms with Gasteiger partial charge in [0.2, 0.25) is 12.3 Å². The normalized spacial score (nSPS) is 19.6. The van der Waals surface area contributed by atoms with Crippen molar-refractivity contribution in [1.29, 1.82) is 0 Å². The minimum Gasteiger partial charge on any atom is -0.341 e. The highest BCUT2D eigenvalue weighted by Gasteiger charge is 2.35. The standard InChI is InChI=1S/C15H18N4O2/c1-3-10(2)13-14(20)17-12-7-5-4-6-11(12)8-19(13)15-16-9-21-18-15/h4-7,9-10,13H,3,8H2,1-2H3,(H,17,20)/t10-,13?/m0/s1. The van der Waals surface area contributed by atoms with Crippen molar-refractivity contribution in [3.63, 3.8) is 0 Å². The zero-order chi connectivity index (χ0) is 14.8. The third-order valence-electron chi connectivity index (χ3n) is 4.01. The van der Waals surface area contributed by atoms with E-state index in [-0.39, 0.29) is 17.9 Å². The molecule has 6 nitrogen and oxygen atoms in total. The van der Waals surface area contributed by atoms with Crippen LogP contribution in [0.5, 0.6) is 0 Å². The minimum atomic E-state index is -0.319. The SMILES string of the molecule is CC[C@H](C)C1C(=O)Nc2ccccc2CN1c1ncon1. The third kappa shape index (κ3) is 2.49. The fourth-order valence-electron chi connectivity index (χ4n) is 2.69. The smallest absolute Gasteiger partial charge is 0.266 e. The highest BCUT2D eigenvalue weighted by atomic mass is 16.5. The van der Waals surface area contributed by atoms with E-state index in [2.05, 4.69) is 29.3 Å². The number of hydrogen-bond donors (Lipinski definition) is 1. The van der Waals surface area contributed by atoms with Gasteiger partial charge in [-0.3, -0.25) is 4.79 Å². The number of aromatic nitrogens is 2. The third-order valence-corrected chi connectivity index (χ3v) is 4.01. The number of nitrogens with one attached hydrogen (secondary N) is 1. The van der Waals surface area contributed by atoms with Crippen LogP contribution in [0.2, 0.25) is 0 Å². The van der Waals surface area contributed by atoms with Crippen molar-refractivity contribution < 1.29 is 9.32 Å². The summed E-state index contributed by atoms with van der Waals surface area (Å²) in [6.45, 7) is 4.71. The van der Waals surface area contributed by atoms with Crippen LogP contribution in [0.3, 0.4) is 0 Å². The van der Waals surface area contributed by atoms with Gasteiger partial charge in [0.1, 0.15) is 6.04 Å². The Balaban J connectivity index is 2.05. The van der Waals surface area contributed by atoms with Crippen molar-refractivity contribution in [2.24, 2.45) is 5.92 Å².